The molecule has 0 spiro atoms. The molecule has 1 aliphatic heterocycles. The third-order valence-electron chi connectivity index (χ3n) is 6.91. The van der Waals surface area contributed by atoms with E-state index < -0.39 is 0 Å². The molecule has 1 aliphatic rings. The van der Waals surface area contributed by atoms with E-state index >= 15 is 0 Å². The second-order valence-electron chi connectivity index (χ2n) is 9.47. The second-order valence-corrected chi connectivity index (χ2v) is 9.47. The Balaban J connectivity index is 2.09. The van der Waals surface area contributed by atoms with Gasteiger partial charge in [0.1, 0.15) is 0 Å². The number of carbonyl (C=O) groups excluding carboxylic acids is 2. The summed E-state index contributed by atoms with van der Waals surface area (Å²) in [5, 5.41) is 6.29. The molecular formula is C26H52N4O2. The highest BCUT2D eigenvalue weighted by Crippen LogP contribution is 2.13. The molecule has 2 amide bonds. The Hall–Kier alpha value is -1.14. The fourth-order valence-corrected chi connectivity index (χ4v) is 4.50. The first-order valence-corrected chi connectivity index (χ1v) is 13.6. The van der Waals surface area contributed by atoms with Gasteiger partial charge in [-0.3, -0.25) is 9.59 Å². The summed E-state index contributed by atoms with van der Waals surface area (Å²) in [6, 6.07) is 0. The molecule has 1 rings (SSSR count). The van der Waals surface area contributed by atoms with Gasteiger partial charge in [-0.25, -0.2) is 0 Å². The van der Waals surface area contributed by atoms with E-state index in [1.165, 1.54) is 0 Å². The lowest BCUT2D eigenvalue weighted by molar-refractivity contribution is -0.126. The van der Waals surface area contributed by atoms with Crippen molar-refractivity contribution in [2.24, 2.45) is 11.8 Å². The molecule has 2 N–H and O–H groups in total. The molecule has 0 saturated carbocycles. The molecule has 188 valence electrons. The molecule has 0 aromatic rings. The van der Waals surface area contributed by atoms with Crippen molar-refractivity contribution in [1.82, 2.24) is 20.4 Å². The SMILES string of the molecule is CCCCC(CC)C(=O)NCCCN1CCN(CCCNC(=O)C(CC)CCCC)CC1. The first-order chi connectivity index (χ1) is 15.5. The number of piperazine rings is 1. The van der Waals surface area contributed by atoms with Crippen molar-refractivity contribution >= 4 is 11.8 Å². The van der Waals surface area contributed by atoms with E-state index in [1.54, 1.807) is 0 Å². The van der Waals surface area contributed by atoms with Crippen molar-refractivity contribution in [1.29, 1.82) is 0 Å². The summed E-state index contributed by atoms with van der Waals surface area (Å²) < 4.78 is 0. The van der Waals surface area contributed by atoms with Crippen LogP contribution in [-0.2, 0) is 9.59 Å². The van der Waals surface area contributed by atoms with E-state index in [0.29, 0.717) is 0 Å². The Kier molecular flexibility index (Phi) is 16.5. The number of nitrogens with one attached hydrogen (secondary N) is 2. The van der Waals surface area contributed by atoms with Crippen LogP contribution in [0.25, 0.3) is 0 Å². The van der Waals surface area contributed by atoms with Crippen molar-refractivity contribution in [2.45, 2.75) is 91.9 Å². The molecule has 0 bridgehead atoms. The number of hydrogen-bond donors (Lipinski definition) is 2. The van der Waals surface area contributed by atoms with Crippen LogP contribution in [-0.4, -0.2) is 74.0 Å². The predicted molar refractivity (Wildman–Crippen MR) is 135 cm³/mol. The maximum absolute atomic E-state index is 12.3. The molecule has 1 saturated heterocycles. The lowest BCUT2D eigenvalue weighted by Gasteiger charge is -2.34. The number of nitrogens with zero attached hydrogens (tertiary/aromatic N) is 2. The van der Waals surface area contributed by atoms with Crippen molar-refractivity contribution in [3.63, 3.8) is 0 Å². The van der Waals surface area contributed by atoms with E-state index in [-0.39, 0.29) is 23.7 Å². The van der Waals surface area contributed by atoms with Crippen LogP contribution in [0.4, 0.5) is 0 Å². The van der Waals surface area contributed by atoms with E-state index in [4.69, 9.17) is 0 Å². The zero-order chi connectivity index (χ0) is 23.6. The van der Waals surface area contributed by atoms with Crippen LogP contribution in [0, 0.1) is 11.8 Å². The van der Waals surface area contributed by atoms with E-state index in [9.17, 15) is 9.59 Å². The number of hydrogen-bond acceptors (Lipinski definition) is 4. The Bertz CT molecular complexity index is 448. The minimum Gasteiger partial charge on any atom is -0.356 e. The average Bonchev–Trinajstić information content (AvgIpc) is 2.81. The maximum Gasteiger partial charge on any atom is 0.223 e. The molecule has 6 heteroatoms. The lowest BCUT2D eigenvalue weighted by atomic mass is 9.98. The van der Waals surface area contributed by atoms with Crippen molar-refractivity contribution in [3.8, 4) is 0 Å². The van der Waals surface area contributed by atoms with Gasteiger partial charge in [-0.05, 0) is 51.6 Å². The van der Waals surface area contributed by atoms with Gasteiger partial charge in [-0.2, -0.15) is 0 Å². The van der Waals surface area contributed by atoms with Gasteiger partial charge in [0.05, 0.1) is 0 Å². The van der Waals surface area contributed by atoms with Crippen molar-refractivity contribution in [3.05, 3.63) is 0 Å². The van der Waals surface area contributed by atoms with Crippen LogP contribution in [0.15, 0.2) is 0 Å². The zero-order valence-electron chi connectivity index (χ0n) is 21.6. The monoisotopic (exact) mass is 452 g/mol. The normalized spacial score (nSPS) is 17.1. The lowest BCUT2D eigenvalue weighted by Crippen LogP contribution is -2.47. The largest absolute Gasteiger partial charge is 0.356 e. The molecule has 6 nitrogen and oxygen atoms in total. The molecule has 0 aromatic carbocycles. The van der Waals surface area contributed by atoms with Crippen LogP contribution in [0.5, 0.6) is 0 Å². The number of carbonyl (C=O) groups is 2. The molecule has 32 heavy (non-hydrogen) atoms. The first kappa shape index (κ1) is 28.9. The van der Waals surface area contributed by atoms with Gasteiger partial charge in [0.2, 0.25) is 11.8 Å². The molecule has 0 radical (unpaired) electrons. The Morgan fingerprint density at radius 3 is 1.34 bits per heavy atom. The summed E-state index contributed by atoms with van der Waals surface area (Å²) >= 11 is 0. The number of unbranched alkanes of at least 4 members (excludes halogenated alkanes) is 2. The Morgan fingerprint density at radius 1 is 0.656 bits per heavy atom. The fourth-order valence-electron chi connectivity index (χ4n) is 4.50. The third-order valence-corrected chi connectivity index (χ3v) is 6.91. The van der Waals surface area contributed by atoms with Crippen LogP contribution < -0.4 is 10.6 Å². The predicted octanol–water partition coefficient (Wildman–Crippen LogP) is 4.05. The van der Waals surface area contributed by atoms with E-state index in [1.807, 2.05) is 0 Å². The highest BCUT2D eigenvalue weighted by molar-refractivity contribution is 5.78. The van der Waals surface area contributed by atoms with Gasteiger partial charge in [0.15, 0.2) is 0 Å². The quantitative estimate of drug-likeness (QED) is 0.308. The standard InChI is InChI=1S/C26H52N4O2/c1-5-9-13-23(7-3)25(31)27-15-11-17-29-19-21-30(22-20-29)18-12-16-28-26(32)24(8-4)14-10-6-2/h23-24H,5-22H2,1-4H3,(H,27,31)(H,28,32). The molecule has 2 atom stereocenters. The molecule has 0 aromatic heterocycles. The second kappa shape index (κ2) is 18.3. The topological polar surface area (TPSA) is 64.7 Å². The highest BCUT2D eigenvalue weighted by atomic mass is 16.2. The summed E-state index contributed by atoms with van der Waals surface area (Å²) in [5.74, 6) is 0.863. The summed E-state index contributed by atoms with van der Waals surface area (Å²) in [6.45, 7) is 16.7. The Labute approximate surface area is 198 Å². The minimum absolute atomic E-state index is 0.187. The first-order valence-electron chi connectivity index (χ1n) is 13.6. The Morgan fingerprint density at radius 2 is 1.03 bits per heavy atom. The van der Waals surface area contributed by atoms with E-state index in [2.05, 4.69) is 48.1 Å². The van der Waals surface area contributed by atoms with Gasteiger partial charge in [-0.1, -0.05) is 53.4 Å². The van der Waals surface area contributed by atoms with Crippen molar-refractivity contribution in [2.75, 3.05) is 52.4 Å². The van der Waals surface area contributed by atoms with Crippen LogP contribution in [0.1, 0.15) is 91.9 Å². The minimum atomic E-state index is 0.187. The van der Waals surface area contributed by atoms with Crippen LogP contribution >= 0.6 is 0 Å². The average molecular weight is 453 g/mol. The van der Waals surface area contributed by atoms with E-state index in [0.717, 1.165) is 117 Å². The molecule has 0 aliphatic carbocycles. The summed E-state index contributed by atoms with van der Waals surface area (Å²) in [4.78, 5) is 29.6. The smallest absolute Gasteiger partial charge is 0.223 e. The van der Waals surface area contributed by atoms with Crippen LogP contribution in [0.2, 0.25) is 0 Å². The summed E-state index contributed by atoms with van der Waals surface area (Å²) in [5.41, 5.74) is 0. The zero-order valence-corrected chi connectivity index (χ0v) is 21.6. The van der Waals surface area contributed by atoms with Gasteiger partial charge < -0.3 is 20.4 Å². The molecular weight excluding hydrogens is 400 g/mol. The summed E-state index contributed by atoms with van der Waals surface area (Å²) in [6.07, 6.45) is 10.6. The van der Waals surface area contributed by atoms with Gasteiger partial charge in [-0.15, -0.1) is 0 Å². The summed E-state index contributed by atoms with van der Waals surface area (Å²) in [7, 11) is 0. The van der Waals surface area contributed by atoms with Gasteiger partial charge in [0.25, 0.3) is 0 Å². The van der Waals surface area contributed by atoms with Crippen LogP contribution in [0.3, 0.4) is 0 Å². The molecule has 2 unspecified atom stereocenters. The molecule has 1 heterocycles. The number of amides is 2. The highest BCUT2D eigenvalue weighted by Gasteiger charge is 2.18. The van der Waals surface area contributed by atoms with Gasteiger partial charge in [0, 0.05) is 51.1 Å². The molecule has 1 fully saturated rings. The van der Waals surface area contributed by atoms with Crippen molar-refractivity contribution < 1.29 is 9.59 Å². The maximum atomic E-state index is 12.3. The third kappa shape index (κ3) is 12.2. The van der Waals surface area contributed by atoms with Gasteiger partial charge >= 0.3 is 0 Å². The number of rotatable bonds is 18. The fraction of sp³-hybridized carbons (Fsp3) is 0.923.